The lowest BCUT2D eigenvalue weighted by Crippen LogP contribution is -2.30. The number of hydrazone groups is 1. The van der Waals surface area contributed by atoms with Crippen molar-refractivity contribution in [1.82, 2.24) is 4.90 Å². The quantitative estimate of drug-likeness (QED) is 0.186. The molecular weight excluding hydrogens is 462 g/mol. The van der Waals surface area contributed by atoms with Gasteiger partial charge in [-0.3, -0.25) is 10.3 Å². The molecule has 4 rings (SSSR count). The smallest absolute Gasteiger partial charge is 0.203 e. The molecule has 190 valence electrons. The third-order valence-corrected chi connectivity index (χ3v) is 5.96. The summed E-state index contributed by atoms with van der Waals surface area (Å²) < 4.78 is 16.8. The number of rotatable bonds is 12. The number of nitrogens with one attached hydrogen (secondary N) is 1. The molecule has 0 aliphatic carbocycles. The second kappa shape index (κ2) is 13.1. The first-order valence-corrected chi connectivity index (χ1v) is 12.2. The van der Waals surface area contributed by atoms with Gasteiger partial charge in [0.25, 0.3) is 0 Å². The van der Waals surface area contributed by atoms with E-state index in [0.29, 0.717) is 23.8 Å². The average Bonchev–Trinajstić information content (AvgIpc) is 2.96. The van der Waals surface area contributed by atoms with E-state index in [2.05, 4.69) is 58.9 Å². The summed E-state index contributed by atoms with van der Waals surface area (Å²) in [5, 5.41) is 4.87. The molecule has 0 atom stereocenters. The Balaban J connectivity index is 1.73. The van der Waals surface area contributed by atoms with Crippen LogP contribution < -0.4 is 19.6 Å². The van der Waals surface area contributed by atoms with Gasteiger partial charge in [0, 0.05) is 25.2 Å². The number of nitrogens with zero attached hydrogens (tertiary/aromatic N) is 2. The Kier molecular flexibility index (Phi) is 9.16. The minimum absolute atomic E-state index is 0.551. The SMILES string of the molecule is COc1cc(/C(CN(Cc2ccccc2)Cc2ccccc2)=N/Nc2ccccc2)cc(OC)c1OC. The van der Waals surface area contributed by atoms with Gasteiger partial charge in [0.15, 0.2) is 11.5 Å². The van der Waals surface area contributed by atoms with Crippen molar-refractivity contribution in [2.24, 2.45) is 5.10 Å². The largest absolute Gasteiger partial charge is 0.493 e. The van der Waals surface area contributed by atoms with Gasteiger partial charge in [0.1, 0.15) is 0 Å². The molecule has 0 saturated heterocycles. The molecule has 0 aliphatic heterocycles. The fraction of sp³-hybridized carbons (Fsp3) is 0.194. The number of methoxy groups -OCH3 is 3. The van der Waals surface area contributed by atoms with Gasteiger partial charge in [-0.15, -0.1) is 0 Å². The zero-order chi connectivity index (χ0) is 25.9. The Labute approximate surface area is 219 Å². The highest BCUT2D eigenvalue weighted by molar-refractivity contribution is 6.03. The molecule has 0 heterocycles. The molecule has 6 heteroatoms. The van der Waals surface area contributed by atoms with Crippen LogP contribution in [-0.4, -0.2) is 38.5 Å². The van der Waals surface area contributed by atoms with E-state index >= 15 is 0 Å². The summed E-state index contributed by atoms with van der Waals surface area (Å²) in [6, 6.07) is 34.8. The monoisotopic (exact) mass is 495 g/mol. The van der Waals surface area contributed by atoms with Gasteiger partial charge < -0.3 is 14.2 Å². The molecular formula is C31H33N3O3. The summed E-state index contributed by atoms with van der Waals surface area (Å²) in [6.45, 7) is 2.12. The van der Waals surface area contributed by atoms with Gasteiger partial charge in [-0.1, -0.05) is 78.9 Å². The second-order valence-corrected chi connectivity index (χ2v) is 8.57. The topological polar surface area (TPSA) is 55.3 Å². The zero-order valence-electron chi connectivity index (χ0n) is 21.6. The Morgan fingerprint density at radius 2 is 1.16 bits per heavy atom. The molecule has 0 saturated carbocycles. The van der Waals surface area contributed by atoms with Gasteiger partial charge >= 0.3 is 0 Å². The molecule has 4 aromatic carbocycles. The van der Waals surface area contributed by atoms with E-state index in [0.717, 1.165) is 30.1 Å². The van der Waals surface area contributed by atoms with Crippen LogP contribution in [0.4, 0.5) is 5.69 Å². The molecule has 0 radical (unpaired) electrons. The molecule has 37 heavy (non-hydrogen) atoms. The Hall–Kier alpha value is -4.29. The molecule has 0 fully saturated rings. The predicted octanol–water partition coefficient (Wildman–Crippen LogP) is 6.23. The molecule has 0 spiro atoms. The van der Waals surface area contributed by atoms with Crippen LogP contribution in [0, 0.1) is 0 Å². The molecule has 4 aromatic rings. The number of hydrogen-bond acceptors (Lipinski definition) is 6. The van der Waals surface area contributed by atoms with Crippen molar-refractivity contribution in [2.75, 3.05) is 33.3 Å². The summed E-state index contributed by atoms with van der Waals surface area (Å²) in [6.07, 6.45) is 0. The van der Waals surface area contributed by atoms with E-state index in [4.69, 9.17) is 19.3 Å². The number of anilines is 1. The number of hydrogen-bond donors (Lipinski definition) is 1. The third-order valence-electron chi connectivity index (χ3n) is 5.96. The summed E-state index contributed by atoms with van der Waals surface area (Å²) in [5.41, 5.74) is 8.33. The van der Waals surface area contributed by atoms with E-state index in [-0.39, 0.29) is 0 Å². The fourth-order valence-corrected chi connectivity index (χ4v) is 4.15. The standard InChI is InChI=1S/C31H33N3O3/c1-35-29-19-26(20-30(36-2)31(29)37-3)28(33-32-27-17-11-6-12-18-27)23-34(21-24-13-7-4-8-14-24)22-25-15-9-5-10-16-25/h4-20,32H,21-23H2,1-3H3/b33-28+. The Bertz CT molecular complexity index is 1210. The van der Waals surface area contributed by atoms with Crippen LogP contribution in [0.5, 0.6) is 17.2 Å². The molecule has 0 aliphatic rings. The first kappa shape index (κ1) is 25.8. The summed E-state index contributed by atoms with van der Waals surface area (Å²) >= 11 is 0. The Morgan fingerprint density at radius 1 is 0.676 bits per heavy atom. The van der Waals surface area contributed by atoms with E-state index in [1.54, 1.807) is 21.3 Å². The zero-order valence-corrected chi connectivity index (χ0v) is 21.6. The average molecular weight is 496 g/mol. The van der Waals surface area contributed by atoms with Crippen molar-refractivity contribution in [2.45, 2.75) is 13.1 Å². The minimum atomic E-state index is 0.551. The maximum Gasteiger partial charge on any atom is 0.203 e. The molecule has 0 unspecified atom stereocenters. The van der Waals surface area contributed by atoms with Crippen molar-refractivity contribution in [3.05, 3.63) is 120 Å². The van der Waals surface area contributed by atoms with E-state index in [1.807, 2.05) is 54.6 Å². The summed E-state index contributed by atoms with van der Waals surface area (Å²) in [5.74, 6) is 1.72. The number of ether oxygens (including phenoxy) is 3. The highest BCUT2D eigenvalue weighted by Gasteiger charge is 2.19. The van der Waals surface area contributed by atoms with Crippen LogP contribution in [0.25, 0.3) is 0 Å². The molecule has 0 bridgehead atoms. The Morgan fingerprint density at radius 3 is 1.62 bits per heavy atom. The molecule has 0 aromatic heterocycles. The van der Waals surface area contributed by atoms with Gasteiger partial charge in [-0.25, -0.2) is 0 Å². The van der Waals surface area contributed by atoms with Crippen LogP contribution in [0.15, 0.2) is 108 Å². The van der Waals surface area contributed by atoms with Gasteiger partial charge in [-0.2, -0.15) is 5.10 Å². The lowest BCUT2D eigenvalue weighted by molar-refractivity contribution is 0.295. The van der Waals surface area contributed by atoms with Gasteiger partial charge in [0.05, 0.1) is 32.7 Å². The molecule has 1 N–H and O–H groups in total. The van der Waals surface area contributed by atoms with Crippen molar-refractivity contribution < 1.29 is 14.2 Å². The van der Waals surface area contributed by atoms with E-state index in [1.165, 1.54) is 11.1 Å². The second-order valence-electron chi connectivity index (χ2n) is 8.57. The van der Waals surface area contributed by atoms with Crippen LogP contribution in [0.2, 0.25) is 0 Å². The normalized spacial score (nSPS) is 11.3. The van der Waals surface area contributed by atoms with Crippen molar-refractivity contribution in [3.63, 3.8) is 0 Å². The lowest BCUT2D eigenvalue weighted by atomic mass is 10.1. The fourth-order valence-electron chi connectivity index (χ4n) is 4.15. The highest BCUT2D eigenvalue weighted by atomic mass is 16.5. The maximum absolute atomic E-state index is 5.63. The summed E-state index contributed by atoms with van der Waals surface area (Å²) in [7, 11) is 4.85. The molecule has 6 nitrogen and oxygen atoms in total. The van der Waals surface area contributed by atoms with Crippen molar-refractivity contribution >= 4 is 11.4 Å². The van der Waals surface area contributed by atoms with E-state index in [9.17, 15) is 0 Å². The first-order valence-electron chi connectivity index (χ1n) is 12.2. The number of benzene rings is 4. The lowest BCUT2D eigenvalue weighted by Gasteiger charge is -2.24. The van der Waals surface area contributed by atoms with Crippen LogP contribution >= 0.6 is 0 Å². The summed E-state index contributed by atoms with van der Waals surface area (Å²) in [4.78, 5) is 2.37. The molecule has 0 amide bonds. The minimum Gasteiger partial charge on any atom is -0.493 e. The van der Waals surface area contributed by atoms with E-state index < -0.39 is 0 Å². The van der Waals surface area contributed by atoms with Gasteiger partial charge in [-0.05, 0) is 35.4 Å². The van der Waals surface area contributed by atoms with Crippen LogP contribution in [0.1, 0.15) is 16.7 Å². The van der Waals surface area contributed by atoms with Crippen LogP contribution in [-0.2, 0) is 13.1 Å². The van der Waals surface area contributed by atoms with Crippen LogP contribution in [0.3, 0.4) is 0 Å². The number of para-hydroxylation sites is 1. The maximum atomic E-state index is 5.63. The van der Waals surface area contributed by atoms with Crippen molar-refractivity contribution in [3.8, 4) is 17.2 Å². The predicted molar refractivity (Wildman–Crippen MR) is 150 cm³/mol. The third kappa shape index (κ3) is 7.12. The first-order chi connectivity index (χ1) is 18.2. The highest BCUT2D eigenvalue weighted by Crippen LogP contribution is 2.38. The van der Waals surface area contributed by atoms with Crippen molar-refractivity contribution in [1.29, 1.82) is 0 Å². The van der Waals surface area contributed by atoms with Gasteiger partial charge in [0.2, 0.25) is 5.75 Å².